The third kappa shape index (κ3) is 10.0. The lowest BCUT2D eigenvalue weighted by Crippen LogP contribution is -2.52. The largest absolute Gasteiger partial charge is 0.378 e. The smallest absolute Gasteiger partial charge is 0.318 e. The maximum Gasteiger partial charge on any atom is 0.318 e. The van der Waals surface area contributed by atoms with Gasteiger partial charge in [0.2, 0.25) is 11.6 Å². The number of amides is 2. The summed E-state index contributed by atoms with van der Waals surface area (Å²) in [6.07, 6.45) is 5.69. The Morgan fingerprint density at radius 3 is 2.31 bits per heavy atom. The number of hydrogen-bond donors (Lipinski definition) is 1. The summed E-state index contributed by atoms with van der Waals surface area (Å²) in [6.45, 7) is 2.02. The van der Waals surface area contributed by atoms with Gasteiger partial charge in [-0.3, -0.25) is 14.4 Å². The maximum absolute atomic E-state index is 13.8. The summed E-state index contributed by atoms with van der Waals surface area (Å²) in [4.78, 5) is 55.1. The van der Waals surface area contributed by atoms with E-state index >= 15 is 0 Å². The van der Waals surface area contributed by atoms with Gasteiger partial charge in [-0.05, 0) is 35.6 Å². The average molecular weight is 597 g/mol. The molecular weight excluding hydrogens is 556 g/mol. The van der Waals surface area contributed by atoms with E-state index in [1.807, 2.05) is 30.3 Å². The number of halogens is 1. The van der Waals surface area contributed by atoms with Gasteiger partial charge in [-0.15, -0.1) is 0 Å². The first-order valence-corrected chi connectivity index (χ1v) is 15.4. The predicted octanol–water partition coefficient (Wildman–Crippen LogP) is 5.19. The third-order valence-electron chi connectivity index (χ3n) is 8.08. The van der Waals surface area contributed by atoms with Gasteiger partial charge in [0.1, 0.15) is 0 Å². The molecule has 0 bridgehead atoms. The average Bonchev–Trinajstić information content (AvgIpc) is 3.02. The number of carbonyl (C=O) groups is 4. The Bertz CT molecular complexity index is 1180. The highest BCUT2D eigenvalue weighted by Gasteiger charge is 2.33. The standard InChI is InChI=1S/C33H41ClN2O6/c34-28-13-11-25(12-14-28)20-31(38)32(39)27(23-42-22-26-9-5-2-6-10-26)21-30(37)29(19-24-7-3-1-4-8-24)35-33(40)36-15-17-41-18-16-36/h2,5-6,9-14,24,27,29H,1,3-4,7-8,15-23H2,(H,35,40)/t27?,29-/m0/s1. The number of urea groups is 1. The Labute approximate surface area is 253 Å². The zero-order chi connectivity index (χ0) is 29.7. The SMILES string of the molecule is O=C(Cc1ccc(Cl)cc1)C(=O)C(COCc1ccccc1)CC(=O)[C@H](CC1CCCCC1)NC(=O)N1CCOCC1. The van der Waals surface area contributed by atoms with E-state index in [2.05, 4.69) is 5.32 Å². The van der Waals surface area contributed by atoms with Gasteiger partial charge in [-0.2, -0.15) is 0 Å². The molecule has 0 radical (unpaired) electrons. The molecule has 4 rings (SSSR count). The lowest BCUT2D eigenvalue weighted by molar-refractivity contribution is -0.141. The van der Waals surface area contributed by atoms with Crippen molar-refractivity contribution < 1.29 is 28.7 Å². The molecule has 42 heavy (non-hydrogen) atoms. The maximum atomic E-state index is 13.8. The van der Waals surface area contributed by atoms with E-state index < -0.39 is 23.5 Å². The highest BCUT2D eigenvalue weighted by atomic mass is 35.5. The molecule has 226 valence electrons. The molecule has 0 spiro atoms. The molecule has 1 saturated carbocycles. The highest BCUT2D eigenvalue weighted by Crippen LogP contribution is 2.28. The van der Waals surface area contributed by atoms with Gasteiger partial charge in [0, 0.05) is 31.0 Å². The number of nitrogens with one attached hydrogen (secondary N) is 1. The second kappa shape index (κ2) is 16.5. The molecular formula is C33H41ClN2O6. The predicted molar refractivity (Wildman–Crippen MR) is 160 cm³/mol. The lowest BCUT2D eigenvalue weighted by atomic mass is 9.82. The number of rotatable bonds is 14. The molecule has 1 heterocycles. The van der Waals surface area contributed by atoms with Crippen LogP contribution in [0.25, 0.3) is 0 Å². The van der Waals surface area contributed by atoms with Crippen molar-refractivity contribution in [2.24, 2.45) is 11.8 Å². The molecule has 0 aromatic heterocycles. The van der Waals surface area contributed by atoms with Crippen LogP contribution in [0.4, 0.5) is 4.79 Å². The van der Waals surface area contributed by atoms with E-state index in [1.165, 1.54) is 6.42 Å². The van der Waals surface area contributed by atoms with Gasteiger partial charge < -0.3 is 19.7 Å². The van der Waals surface area contributed by atoms with Crippen LogP contribution in [-0.4, -0.2) is 67.2 Å². The van der Waals surface area contributed by atoms with Crippen LogP contribution in [0, 0.1) is 11.8 Å². The fourth-order valence-corrected chi connectivity index (χ4v) is 5.77. The number of morpholine rings is 1. The van der Waals surface area contributed by atoms with Crippen molar-refractivity contribution in [1.82, 2.24) is 10.2 Å². The van der Waals surface area contributed by atoms with E-state index in [0.717, 1.165) is 31.2 Å². The topological polar surface area (TPSA) is 102 Å². The summed E-state index contributed by atoms with van der Waals surface area (Å²) in [5.41, 5.74) is 1.59. The molecule has 2 fully saturated rings. The monoisotopic (exact) mass is 596 g/mol. The van der Waals surface area contributed by atoms with E-state index in [9.17, 15) is 19.2 Å². The Morgan fingerprint density at radius 1 is 0.929 bits per heavy atom. The van der Waals surface area contributed by atoms with Crippen molar-refractivity contribution >= 4 is 35.0 Å². The zero-order valence-electron chi connectivity index (χ0n) is 24.1. The molecule has 2 aromatic carbocycles. The number of benzene rings is 2. The van der Waals surface area contributed by atoms with Crippen LogP contribution in [0.5, 0.6) is 0 Å². The summed E-state index contributed by atoms with van der Waals surface area (Å²) in [7, 11) is 0. The van der Waals surface area contributed by atoms with E-state index in [-0.39, 0.29) is 37.9 Å². The first-order chi connectivity index (χ1) is 20.4. The number of ether oxygens (including phenoxy) is 2. The minimum Gasteiger partial charge on any atom is -0.378 e. The number of ketones is 3. The molecule has 9 heteroatoms. The molecule has 1 saturated heterocycles. The van der Waals surface area contributed by atoms with Crippen molar-refractivity contribution in [2.45, 2.75) is 64.0 Å². The van der Waals surface area contributed by atoms with Crippen molar-refractivity contribution in [3.05, 3.63) is 70.7 Å². The van der Waals surface area contributed by atoms with Crippen LogP contribution in [0.3, 0.4) is 0 Å². The number of nitrogens with zero attached hydrogens (tertiary/aromatic N) is 1. The number of carbonyl (C=O) groups excluding carboxylic acids is 4. The minimum atomic E-state index is -0.949. The van der Waals surface area contributed by atoms with E-state index in [0.29, 0.717) is 49.2 Å². The van der Waals surface area contributed by atoms with Crippen LogP contribution in [0.1, 0.15) is 56.1 Å². The Hall–Kier alpha value is -3.07. The minimum absolute atomic E-state index is 0.0701. The normalized spacial score (nSPS) is 17.3. The lowest BCUT2D eigenvalue weighted by Gasteiger charge is -2.31. The zero-order valence-corrected chi connectivity index (χ0v) is 24.9. The third-order valence-corrected chi connectivity index (χ3v) is 8.33. The summed E-state index contributed by atoms with van der Waals surface area (Å²) < 4.78 is 11.2. The number of Topliss-reactive ketones (excluding diaryl/α,β-unsaturated/α-hetero) is 3. The van der Waals surface area contributed by atoms with Crippen molar-refractivity contribution in [3.8, 4) is 0 Å². The molecule has 1 aliphatic heterocycles. The van der Waals surface area contributed by atoms with Crippen LogP contribution in [0.15, 0.2) is 54.6 Å². The van der Waals surface area contributed by atoms with Crippen molar-refractivity contribution in [1.29, 1.82) is 0 Å². The Balaban J connectivity index is 1.46. The molecule has 8 nitrogen and oxygen atoms in total. The van der Waals surface area contributed by atoms with E-state index in [4.69, 9.17) is 21.1 Å². The second-order valence-corrected chi connectivity index (χ2v) is 11.7. The Kier molecular flexibility index (Phi) is 12.5. The van der Waals surface area contributed by atoms with Gasteiger partial charge in [0.25, 0.3) is 0 Å². The van der Waals surface area contributed by atoms with Crippen LogP contribution in [0.2, 0.25) is 5.02 Å². The van der Waals surface area contributed by atoms with Gasteiger partial charge in [0.15, 0.2) is 5.78 Å². The fourth-order valence-electron chi connectivity index (χ4n) is 5.64. The quantitative estimate of drug-likeness (QED) is 0.301. The number of hydrogen-bond acceptors (Lipinski definition) is 6. The molecule has 1 unspecified atom stereocenters. The summed E-state index contributed by atoms with van der Waals surface area (Å²) in [5.74, 6) is -2.09. The summed E-state index contributed by atoms with van der Waals surface area (Å²) in [5, 5.41) is 3.51. The highest BCUT2D eigenvalue weighted by molar-refractivity contribution is 6.38. The van der Waals surface area contributed by atoms with Gasteiger partial charge >= 0.3 is 6.03 Å². The van der Waals surface area contributed by atoms with Gasteiger partial charge in [-0.25, -0.2) is 4.79 Å². The molecule has 1 aliphatic carbocycles. The van der Waals surface area contributed by atoms with Gasteiger partial charge in [0.05, 0.1) is 38.4 Å². The second-order valence-electron chi connectivity index (χ2n) is 11.3. The summed E-state index contributed by atoms with van der Waals surface area (Å²) >= 11 is 5.97. The Morgan fingerprint density at radius 2 is 1.62 bits per heavy atom. The van der Waals surface area contributed by atoms with Crippen LogP contribution < -0.4 is 5.32 Å². The van der Waals surface area contributed by atoms with Gasteiger partial charge in [-0.1, -0.05) is 86.2 Å². The van der Waals surface area contributed by atoms with Crippen LogP contribution in [-0.2, 0) is 36.9 Å². The van der Waals surface area contributed by atoms with E-state index in [1.54, 1.807) is 29.2 Å². The molecule has 2 aliphatic rings. The van der Waals surface area contributed by atoms with Crippen molar-refractivity contribution in [2.75, 3.05) is 32.9 Å². The summed E-state index contributed by atoms with van der Waals surface area (Å²) in [6, 6.07) is 15.2. The van der Waals surface area contributed by atoms with Crippen molar-refractivity contribution in [3.63, 3.8) is 0 Å². The molecule has 1 N–H and O–H groups in total. The van der Waals surface area contributed by atoms with Crippen LogP contribution >= 0.6 is 11.6 Å². The molecule has 2 atom stereocenters. The molecule has 2 amide bonds. The fraction of sp³-hybridized carbons (Fsp3) is 0.515. The first-order valence-electron chi connectivity index (χ1n) is 15.0. The molecule has 2 aromatic rings. The first kappa shape index (κ1) is 31.9.